The number of primary amides is 1. The van der Waals surface area contributed by atoms with Crippen molar-refractivity contribution in [2.24, 2.45) is 5.73 Å². The van der Waals surface area contributed by atoms with E-state index in [0.29, 0.717) is 29.0 Å². The fraction of sp³-hybridized carbons (Fsp3) is 0.263. The van der Waals surface area contributed by atoms with Crippen molar-refractivity contribution in [2.45, 2.75) is 33.3 Å². The quantitative estimate of drug-likeness (QED) is 0.855. The Morgan fingerprint density at radius 3 is 2.50 bits per heavy atom. The molecule has 0 aliphatic rings. The average molecular weight is 326 g/mol. The molecule has 24 heavy (non-hydrogen) atoms. The van der Waals surface area contributed by atoms with Crippen molar-refractivity contribution in [3.8, 4) is 5.75 Å². The lowest BCUT2D eigenvalue weighted by Crippen LogP contribution is -2.32. The molecule has 1 unspecified atom stereocenters. The summed E-state index contributed by atoms with van der Waals surface area (Å²) in [5, 5.41) is 2.82. The Hall–Kier alpha value is -2.82. The van der Waals surface area contributed by atoms with Crippen LogP contribution in [0.1, 0.15) is 34.8 Å². The van der Waals surface area contributed by atoms with E-state index in [4.69, 9.17) is 10.5 Å². The van der Waals surface area contributed by atoms with Crippen LogP contribution in [-0.2, 0) is 4.79 Å². The van der Waals surface area contributed by atoms with E-state index in [1.165, 1.54) is 0 Å². The molecule has 0 spiro atoms. The van der Waals surface area contributed by atoms with Crippen molar-refractivity contribution < 1.29 is 14.3 Å². The van der Waals surface area contributed by atoms with E-state index in [9.17, 15) is 9.59 Å². The van der Waals surface area contributed by atoms with Crippen molar-refractivity contribution in [1.82, 2.24) is 0 Å². The summed E-state index contributed by atoms with van der Waals surface area (Å²) < 4.78 is 5.79. The summed E-state index contributed by atoms with van der Waals surface area (Å²) in [7, 11) is 0. The van der Waals surface area contributed by atoms with Crippen LogP contribution in [0.15, 0.2) is 42.5 Å². The lowest BCUT2D eigenvalue weighted by molar-refractivity contribution is -0.122. The highest BCUT2D eigenvalue weighted by atomic mass is 16.5. The highest BCUT2D eigenvalue weighted by Gasteiger charge is 2.20. The Morgan fingerprint density at radius 2 is 1.88 bits per heavy atom. The second-order valence-electron chi connectivity index (χ2n) is 5.66. The second-order valence-corrected chi connectivity index (χ2v) is 5.66. The number of rotatable bonds is 6. The topological polar surface area (TPSA) is 81.4 Å². The largest absolute Gasteiger partial charge is 0.481 e. The number of carbonyl (C=O) groups is 2. The lowest BCUT2D eigenvalue weighted by atomic mass is 10.1. The summed E-state index contributed by atoms with van der Waals surface area (Å²) in [6.45, 7) is 5.59. The smallest absolute Gasteiger partial charge is 0.265 e. The first-order valence-corrected chi connectivity index (χ1v) is 7.86. The molecule has 1 atom stereocenters. The van der Waals surface area contributed by atoms with Gasteiger partial charge in [-0.25, -0.2) is 0 Å². The zero-order valence-corrected chi connectivity index (χ0v) is 14.1. The Bertz CT molecular complexity index is 756. The van der Waals surface area contributed by atoms with E-state index in [-0.39, 0.29) is 5.91 Å². The van der Waals surface area contributed by atoms with E-state index in [1.54, 1.807) is 25.1 Å². The van der Waals surface area contributed by atoms with Gasteiger partial charge >= 0.3 is 0 Å². The summed E-state index contributed by atoms with van der Waals surface area (Å²) in [6, 6.07) is 12.6. The molecule has 2 aromatic rings. The molecular weight excluding hydrogens is 304 g/mol. The summed E-state index contributed by atoms with van der Waals surface area (Å²) in [4.78, 5) is 23.9. The van der Waals surface area contributed by atoms with Gasteiger partial charge in [0.05, 0.1) is 0 Å². The summed E-state index contributed by atoms with van der Waals surface area (Å²) in [6.07, 6.45) is -0.0997. The molecule has 2 amide bonds. The number of carbonyl (C=O) groups excluding carboxylic acids is 2. The lowest BCUT2D eigenvalue weighted by Gasteiger charge is -2.19. The maximum absolute atomic E-state index is 12.5. The van der Waals surface area contributed by atoms with Crippen LogP contribution in [0.5, 0.6) is 5.75 Å². The normalized spacial score (nSPS) is 11.6. The molecule has 0 saturated carbocycles. The summed E-state index contributed by atoms with van der Waals surface area (Å²) in [5.41, 5.74) is 7.99. The average Bonchev–Trinajstić information content (AvgIpc) is 2.54. The number of aryl methyl sites for hydroxylation is 1. The highest BCUT2D eigenvalue weighted by molar-refractivity contribution is 5.99. The van der Waals surface area contributed by atoms with Gasteiger partial charge in [0.15, 0.2) is 6.10 Å². The van der Waals surface area contributed by atoms with Gasteiger partial charge in [-0.3, -0.25) is 9.59 Å². The summed E-state index contributed by atoms with van der Waals surface area (Å²) >= 11 is 0. The zero-order valence-electron chi connectivity index (χ0n) is 14.1. The number of hydrogen-bond acceptors (Lipinski definition) is 3. The van der Waals surface area contributed by atoms with Crippen LogP contribution < -0.4 is 15.8 Å². The first-order chi connectivity index (χ1) is 11.4. The SMILES string of the molecule is CCC(Oc1cccc(C)c1)C(=O)Nc1cccc(C(N)=O)c1C. The predicted octanol–water partition coefficient (Wildman–Crippen LogP) is 3.20. The second kappa shape index (κ2) is 7.64. The third kappa shape index (κ3) is 4.13. The third-order valence-corrected chi connectivity index (χ3v) is 3.79. The van der Waals surface area contributed by atoms with Crippen LogP contribution in [0.3, 0.4) is 0 Å². The monoisotopic (exact) mass is 326 g/mol. The molecule has 0 aromatic heterocycles. The maximum Gasteiger partial charge on any atom is 0.265 e. The molecule has 2 aromatic carbocycles. The molecule has 126 valence electrons. The molecule has 0 fully saturated rings. The van der Waals surface area contributed by atoms with Gasteiger partial charge in [0.2, 0.25) is 5.91 Å². The standard InChI is InChI=1S/C19H22N2O3/c1-4-17(24-14-8-5-7-12(2)11-14)19(23)21-16-10-6-9-15(13(16)3)18(20)22/h5-11,17H,4H2,1-3H3,(H2,20,22)(H,21,23). The molecular formula is C19H22N2O3. The van der Waals surface area contributed by atoms with Crippen LogP contribution in [0, 0.1) is 13.8 Å². The molecule has 5 heteroatoms. The van der Waals surface area contributed by atoms with Gasteiger partial charge < -0.3 is 15.8 Å². The molecule has 0 saturated heterocycles. The molecule has 0 radical (unpaired) electrons. The van der Waals surface area contributed by atoms with Crippen molar-refractivity contribution in [3.63, 3.8) is 0 Å². The van der Waals surface area contributed by atoms with Crippen molar-refractivity contribution in [3.05, 3.63) is 59.2 Å². The maximum atomic E-state index is 12.5. The Morgan fingerprint density at radius 1 is 1.17 bits per heavy atom. The number of nitrogens with two attached hydrogens (primary N) is 1. The molecule has 3 N–H and O–H groups in total. The number of amides is 2. The molecule has 0 bridgehead atoms. The van der Waals surface area contributed by atoms with Crippen LogP contribution in [0.25, 0.3) is 0 Å². The fourth-order valence-electron chi connectivity index (χ4n) is 2.43. The van der Waals surface area contributed by atoms with Gasteiger partial charge in [-0.05, 0) is 55.7 Å². The van der Waals surface area contributed by atoms with Crippen molar-refractivity contribution >= 4 is 17.5 Å². The molecule has 0 heterocycles. The number of nitrogens with one attached hydrogen (secondary N) is 1. The minimum atomic E-state index is -0.622. The van der Waals surface area contributed by atoms with Gasteiger partial charge in [0.25, 0.3) is 5.91 Å². The van der Waals surface area contributed by atoms with Crippen LogP contribution in [0.4, 0.5) is 5.69 Å². The van der Waals surface area contributed by atoms with Gasteiger partial charge in [-0.2, -0.15) is 0 Å². The van der Waals surface area contributed by atoms with Crippen molar-refractivity contribution in [1.29, 1.82) is 0 Å². The first-order valence-electron chi connectivity index (χ1n) is 7.86. The van der Waals surface area contributed by atoms with Gasteiger partial charge in [0, 0.05) is 11.3 Å². The molecule has 0 aliphatic carbocycles. The van der Waals surface area contributed by atoms with Crippen LogP contribution in [0.2, 0.25) is 0 Å². The van der Waals surface area contributed by atoms with Gasteiger partial charge in [-0.1, -0.05) is 25.1 Å². The van der Waals surface area contributed by atoms with Crippen molar-refractivity contribution in [2.75, 3.05) is 5.32 Å². The highest BCUT2D eigenvalue weighted by Crippen LogP contribution is 2.20. The van der Waals surface area contributed by atoms with Gasteiger partial charge in [-0.15, -0.1) is 0 Å². The Balaban J connectivity index is 2.15. The Labute approximate surface area is 141 Å². The number of anilines is 1. The number of ether oxygens (including phenoxy) is 1. The van der Waals surface area contributed by atoms with E-state index in [0.717, 1.165) is 5.56 Å². The third-order valence-electron chi connectivity index (χ3n) is 3.79. The predicted molar refractivity (Wildman–Crippen MR) is 94.2 cm³/mol. The number of benzene rings is 2. The van der Waals surface area contributed by atoms with E-state index in [2.05, 4.69) is 5.32 Å². The van der Waals surface area contributed by atoms with E-state index >= 15 is 0 Å². The van der Waals surface area contributed by atoms with E-state index < -0.39 is 12.0 Å². The first kappa shape index (κ1) is 17.5. The molecule has 0 aliphatic heterocycles. The zero-order chi connectivity index (χ0) is 17.7. The molecule has 2 rings (SSSR count). The van der Waals surface area contributed by atoms with Crippen LogP contribution >= 0.6 is 0 Å². The summed E-state index contributed by atoms with van der Waals surface area (Å²) in [5.74, 6) is -0.130. The fourth-order valence-corrected chi connectivity index (χ4v) is 2.43. The minimum Gasteiger partial charge on any atom is -0.481 e. The van der Waals surface area contributed by atoms with E-state index in [1.807, 2.05) is 38.1 Å². The van der Waals surface area contributed by atoms with Gasteiger partial charge in [0.1, 0.15) is 5.75 Å². The van der Waals surface area contributed by atoms with Crippen LogP contribution in [-0.4, -0.2) is 17.9 Å². The molecule has 5 nitrogen and oxygen atoms in total. The minimum absolute atomic E-state index is 0.260. The number of hydrogen-bond donors (Lipinski definition) is 2. The Kier molecular flexibility index (Phi) is 5.58.